The van der Waals surface area contributed by atoms with Gasteiger partial charge in [-0.05, 0) is 90.2 Å². The van der Waals surface area contributed by atoms with E-state index in [0.29, 0.717) is 44.9 Å². The van der Waals surface area contributed by atoms with E-state index in [2.05, 4.69) is 15.1 Å². The SMILES string of the molecule is CCn1nc(O[C@@H]2C[C@H]3C(=O)N[C@]4(C(=O)NS(=O)(=O)C5(C)CC5)C[C@H]4C=CCC[C@H](C)C[C@@H](C)[C@H](N(C(=O)O)C(C)(C)C(F)(F)F)C(=O)N3C2)c2ccccc2c1=O. The molecule has 58 heavy (non-hydrogen) atoms. The Hall–Kier alpha value is -4.68. The van der Waals surface area contributed by atoms with E-state index in [9.17, 15) is 50.7 Å². The number of sulfonamides is 1. The number of amides is 4. The summed E-state index contributed by atoms with van der Waals surface area (Å²) in [4.78, 5) is 70.6. The molecule has 15 nitrogen and oxygen atoms in total. The number of carbonyl (C=O) groups is 4. The standard InChI is InChI=1S/C39H51F3N6O9S/c1-7-47-32(50)27-15-11-10-14-26(27)31(44-47)57-25-19-28-30(49)43-38(34(52)45-58(55,56)37(6)16-17-37)20-24(38)13-9-8-12-22(2)18-23(3)29(33(51)46(28)21-25)48(35(53)54)36(4,5)39(40,41)42/h9-11,13-15,22-25,28-29H,7-8,12,16-21H2,1-6H3,(H,43,49)(H,45,52)(H,53,54)/t22-,23+,24+,25+,28-,29-,38+/m0/s1. The number of halogens is 3. The number of hydrogen-bond donors (Lipinski definition) is 3. The van der Waals surface area contributed by atoms with E-state index < -0.39 is 92.4 Å². The number of hydrogen-bond acceptors (Lipinski definition) is 9. The molecule has 2 aliphatic heterocycles. The second kappa shape index (κ2) is 15.2. The van der Waals surface area contributed by atoms with Gasteiger partial charge in [-0.1, -0.05) is 38.1 Å². The van der Waals surface area contributed by atoms with Gasteiger partial charge in [-0.3, -0.25) is 28.8 Å². The first-order valence-corrected chi connectivity index (χ1v) is 21.1. The highest BCUT2D eigenvalue weighted by molar-refractivity contribution is 7.91. The van der Waals surface area contributed by atoms with Crippen LogP contribution in [0.2, 0.25) is 0 Å². The fourth-order valence-electron chi connectivity index (χ4n) is 8.25. The van der Waals surface area contributed by atoms with Gasteiger partial charge >= 0.3 is 12.3 Å². The first kappa shape index (κ1) is 42.9. The number of benzene rings is 1. The van der Waals surface area contributed by atoms with Crippen molar-refractivity contribution in [2.24, 2.45) is 17.8 Å². The quantitative estimate of drug-likeness (QED) is 0.322. The molecule has 3 fully saturated rings. The lowest BCUT2D eigenvalue weighted by Gasteiger charge is -2.45. The van der Waals surface area contributed by atoms with Crippen LogP contribution in [-0.4, -0.2) is 104 Å². The van der Waals surface area contributed by atoms with Crippen molar-refractivity contribution in [1.29, 1.82) is 0 Å². The molecule has 1 saturated heterocycles. The Bertz CT molecular complexity index is 2190. The molecule has 1 aromatic heterocycles. The molecule has 318 valence electrons. The van der Waals surface area contributed by atoms with Crippen LogP contribution in [0.3, 0.4) is 0 Å². The highest BCUT2D eigenvalue weighted by atomic mass is 32.2. The van der Waals surface area contributed by atoms with Gasteiger partial charge in [0, 0.05) is 18.9 Å². The van der Waals surface area contributed by atoms with Crippen LogP contribution >= 0.6 is 0 Å². The monoisotopic (exact) mass is 836 g/mol. The molecule has 6 rings (SSSR count). The molecule has 0 unspecified atom stereocenters. The molecular weight excluding hydrogens is 786 g/mol. The number of alkyl halides is 3. The molecule has 0 bridgehead atoms. The van der Waals surface area contributed by atoms with E-state index in [0.717, 1.165) is 4.90 Å². The zero-order valence-electron chi connectivity index (χ0n) is 33.3. The van der Waals surface area contributed by atoms with Crippen molar-refractivity contribution in [2.75, 3.05) is 6.54 Å². The van der Waals surface area contributed by atoms with E-state index in [1.807, 2.05) is 6.92 Å². The molecule has 19 heteroatoms. The van der Waals surface area contributed by atoms with E-state index in [-0.39, 0.29) is 53.5 Å². The average Bonchev–Trinajstić information content (AvgIpc) is 4.02. The maximum atomic E-state index is 15.0. The van der Waals surface area contributed by atoms with Gasteiger partial charge in [0.25, 0.3) is 11.5 Å². The minimum atomic E-state index is -5.11. The molecule has 0 radical (unpaired) electrons. The summed E-state index contributed by atoms with van der Waals surface area (Å²) in [6.45, 7) is 7.66. The highest BCUT2D eigenvalue weighted by Crippen LogP contribution is 2.48. The molecular formula is C39H51F3N6O9S. The Morgan fingerprint density at radius 1 is 1.10 bits per heavy atom. The summed E-state index contributed by atoms with van der Waals surface area (Å²) in [6.07, 6.45) is -3.12. The van der Waals surface area contributed by atoms with Gasteiger partial charge in [0.2, 0.25) is 27.7 Å². The summed E-state index contributed by atoms with van der Waals surface area (Å²) in [5, 5.41) is 18.1. The van der Waals surface area contributed by atoms with E-state index in [1.165, 1.54) is 18.5 Å². The maximum Gasteiger partial charge on any atom is 0.411 e. The summed E-state index contributed by atoms with van der Waals surface area (Å²) < 4.78 is 79.0. The predicted molar refractivity (Wildman–Crippen MR) is 205 cm³/mol. The Morgan fingerprint density at radius 2 is 1.76 bits per heavy atom. The number of aryl methyl sites for hydroxylation is 1. The first-order valence-electron chi connectivity index (χ1n) is 19.6. The van der Waals surface area contributed by atoms with Crippen molar-refractivity contribution in [3.05, 3.63) is 46.8 Å². The van der Waals surface area contributed by atoms with Crippen LogP contribution in [0.5, 0.6) is 5.88 Å². The van der Waals surface area contributed by atoms with Gasteiger partial charge in [-0.15, -0.1) is 5.10 Å². The lowest BCUT2D eigenvalue weighted by Crippen LogP contribution is -2.66. The smallest absolute Gasteiger partial charge is 0.411 e. The minimum absolute atomic E-state index is 0.0104. The Balaban J connectivity index is 1.44. The lowest BCUT2D eigenvalue weighted by molar-refractivity contribution is -0.222. The van der Waals surface area contributed by atoms with Gasteiger partial charge in [-0.2, -0.15) is 13.2 Å². The summed E-state index contributed by atoms with van der Waals surface area (Å²) in [6, 6.07) is 3.06. The number of fused-ring (bicyclic) bond motifs is 3. The van der Waals surface area contributed by atoms with Crippen LogP contribution in [0.25, 0.3) is 10.8 Å². The van der Waals surface area contributed by atoms with Crippen molar-refractivity contribution in [1.82, 2.24) is 29.6 Å². The number of nitrogens with zero attached hydrogens (tertiary/aromatic N) is 4. The van der Waals surface area contributed by atoms with Gasteiger partial charge in [-0.25, -0.2) is 17.9 Å². The summed E-state index contributed by atoms with van der Waals surface area (Å²) in [7, 11) is -4.13. The first-order chi connectivity index (χ1) is 27.0. The fraction of sp³-hybridized carbons (Fsp3) is 0.641. The molecule has 4 aliphatic rings. The van der Waals surface area contributed by atoms with Crippen molar-refractivity contribution in [3.8, 4) is 5.88 Å². The van der Waals surface area contributed by atoms with Crippen LogP contribution in [-0.2, 0) is 31.0 Å². The number of carboxylic acid groups (broad SMARTS) is 1. The predicted octanol–water partition coefficient (Wildman–Crippen LogP) is 4.34. The number of carbonyl (C=O) groups excluding carboxylic acids is 3. The van der Waals surface area contributed by atoms with Crippen LogP contribution in [0.1, 0.15) is 86.5 Å². The van der Waals surface area contributed by atoms with Gasteiger partial charge in [0.15, 0.2) is 0 Å². The molecule has 3 N–H and O–H groups in total. The van der Waals surface area contributed by atoms with E-state index >= 15 is 0 Å². The molecule has 7 atom stereocenters. The molecule has 1 aromatic carbocycles. The molecule has 2 saturated carbocycles. The van der Waals surface area contributed by atoms with Crippen LogP contribution in [0.4, 0.5) is 18.0 Å². The van der Waals surface area contributed by atoms with Crippen molar-refractivity contribution in [3.63, 3.8) is 0 Å². The highest BCUT2D eigenvalue weighted by Gasteiger charge is 2.64. The average molecular weight is 837 g/mol. The Kier molecular flexibility index (Phi) is 11.2. The minimum Gasteiger partial charge on any atom is -0.471 e. The van der Waals surface area contributed by atoms with Crippen molar-refractivity contribution in [2.45, 2.75) is 133 Å². The van der Waals surface area contributed by atoms with Crippen LogP contribution in [0, 0.1) is 17.8 Å². The van der Waals surface area contributed by atoms with Gasteiger partial charge < -0.3 is 20.1 Å². The molecule has 2 aromatic rings. The number of nitrogens with one attached hydrogen (secondary N) is 2. The maximum absolute atomic E-state index is 15.0. The zero-order valence-corrected chi connectivity index (χ0v) is 34.2. The number of allylic oxidation sites excluding steroid dienone is 1. The third kappa shape index (κ3) is 7.77. The zero-order chi connectivity index (χ0) is 42.7. The third-order valence-electron chi connectivity index (χ3n) is 12.4. The second-order valence-electron chi connectivity index (χ2n) is 17.1. The number of ether oxygens (including phenoxy) is 1. The Labute approximate surface area is 334 Å². The summed E-state index contributed by atoms with van der Waals surface area (Å²) in [5.41, 5.74) is -5.18. The van der Waals surface area contributed by atoms with Crippen LogP contribution < -0.4 is 20.3 Å². The molecule has 0 spiro atoms. The third-order valence-corrected chi connectivity index (χ3v) is 14.6. The number of aromatic nitrogens is 2. The molecule has 2 aliphatic carbocycles. The summed E-state index contributed by atoms with van der Waals surface area (Å²) >= 11 is 0. The van der Waals surface area contributed by atoms with Crippen molar-refractivity contribution < 1.29 is 50.6 Å². The topological polar surface area (TPSA) is 197 Å². The van der Waals surface area contributed by atoms with Crippen LogP contribution in [0.15, 0.2) is 41.2 Å². The van der Waals surface area contributed by atoms with E-state index in [1.54, 1.807) is 43.3 Å². The lowest BCUT2D eigenvalue weighted by atomic mass is 9.85. The van der Waals surface area contributed by atoms with Crippen molar-refractivity contribution >= 4 is 44.6 Å². The largest absolute Gasteiger partial charge is 0.471 e. The van der Waals surface area contributed by atoms with Gasteiger partial charge in [0.05, 0.1) is 22.1 Å². The van der Waals surface area contributed by atoms with Gasteiger partial charge in [0.1, 0.15) is 29.3 Å². The molecule has 4 amide bonds. The molecule has 3 heterocycles. The summed E-state index contributed by atoms with van der Waals surface area (Å²) in [5.74, 6) is -4.77. The van der Waals surface area contributed by atoms with E-state index in [4.69, 9.17) is 4.74 Å². The second-order valence-corrected chi connectivity index (χ2v) is 19.3. The fourth-order valence-corrected chi connectivity index (χ4v) is 9.56. The number of rotatable bonds is 8. The Morgan fingerprint density at radius 3 is 2.36 bits per heavy atom. The normalized spacial score (nSPS) is 29.0.